The summed E-state index contributed by atoms with van der Waals surface area (Å²) in [4.78, 5) is 17.8. The summed E-state index contributed by atoms with van der Waals surface area (Å²) in [5, 5.41) is 17.8. The zero-order valence-corrected chi connectivity index (χ0v) is 14.7. The molecule has 0 saturated carbocycles. The molecule has 1 aromatic heterocycles. The summed E-state index contributed by atoms with van der Waals surface area (Å²) in [6.45, 7) is 4.18. The van der Waals surface area contributed by atoms with Gasteiger partial charge in [0.25, 0.3) is 0 Å². The van der Waals surface area contributed by atoms with Crippen LogP contribution in [-0.2, 0) is 9.63 Å². The van der Waals surface area contributed by atoms with Crippen LogP contribution in [0.2, 0.25) is 0 Å². The molecule has 1 aliphatic carbocycles. The first kappa shape index (κ1) is 16.7. The van der Waals surface area contributed by atoms with Crippen molar-refractivity contribution in [3.8, 4) is 0 Å². The third-order valence-electron chi connectivity index (χ3n) is 4.34. The maximum atomic E-state index is 12.7. The van der Waals surface area contributed by atoms with Crippen LogP contribution in [0.4, 0.5) is 0 Å². The minimum absolute atomic E-state index is 0.00440. The lowest BCUT2D eigenvalue weighted by Crippen LogP contribution is -2.23. The molecule has 1 aromatic carbocycles. The zero-order chi connectivity index (χ0) is 17.1. The van der Waals surface area contributed by atoms with Crippen molar-refractivity contribution in [1.29, 1.82) is 0 Å². The van der Waals surface area contributed by atoms with Crippen LogP contribution in [0.25, 0.3) is 10.1 Å². The molecule has 24 heavy (non-hydrogen) atoms. The molecule has 0 amide bonds. The molecule has 0 aliphatic heterocycles. The second-order valence-corrected chi connectivity index (χ2v) is 6.79. The van der Waals surface area contributed by atoms with Gasteiger partial charge >= 0.3 is 0 Å². The molecule has 5 heteroatoms. The van der Waals surface area contributed by atoms with Crippen LogP contribution in [0.3, 0.4) is 0 Å². The Morgan fingerprint density at radius 2 is 2.17 bits per heavy atom. The van der Waals surface area contributed by atoms with Gasteiger partial charge in [0, 0.05) is 17.5 Å². The number of oxime groups is 1. The second kappa shape index (κ2) is 7.18. The molecule has 126 valence electrons. The van der Waals surface area contributed by atoms with E-state index in [1.807, 2.05) is 19.9 Å². The zero-order valence-electron chi connectivity index (χ0n) is 13.9. The first-order valence-corrected chi connectivity index (χ1v) is 9.14. The Morgan fingerprint density at radius 1 is 1.33 bits per heavy atom. The van der Waals surface area contributed by atoms with Gasteiger partial charge in [0.1, 0.15) is 12.4 Å². The average Bonchev–Trinajstić information content (AvgIpc) is 3.05. The molecular weight excluding hydrogens is 322 g/mol. The highest BCUT2D eigenvalue weighted by Crippen LogP contribution is 2.38. The highest BCUT2D eigenvalue weighted by atomic mass is 32.1. The molecule has 0 saturated heterocycles. The average molecular weight is 343 g/mol. The van der Waals surface area contributed by atoms with Gasteiger partial charge in [0.05, 0.1) is 11.3 Å². The predicted octanol–water partition coefficient (Wildman–Crippen LogP) is 4.96. The first-order chi connectivity index (χ1) is 11.7. The van der Waals surface area contributed by atoms with E-state index in [2.05, 4.69) is 28.7 Å². The Morgan fingerprint density at radius 3 is 2.88 bits per heavy atom. The van der Waals surface area contributed by atoms with E-state index in [9.17, 15) is 9.90 Å². The topological polar surface area (TPSA) is 58.9 Å². The van der Waals surface area contributed by atoms with Crippen LogP contribution in [0.5, 0.6) is 0 Å². The van der Waals surface area contributed by atoms with Crippen molar-refractivity contribution in [3.63, 3.8) is 0 Å². The fraction of sp³-hybridized carbons (Fsp3) is 0.368. The van der Waals surface area contributed by atoms with Crippen LogP contribution in [0.1, 0.15) is 44.6 Å². The smallest absolute Gasteiger partial charge is 0.168 e. The Bertz CT molecular complexity index is 819. The number of aliphatic hydroxyl groups is 1. The van der Waals surface area contributed by atoms with E-state index >= 15 is 0 Å². The largest absolute Gasteiger partial charge is 0.511 e. The van der Waals surface area contributed by atoms with E-state index in [1.165, 1.54) is 10.1 Å². The minimum Gasteiger partial charge on any atom is -0.511 e. The predicted molar refractivity (Wildman–Crippen MR) is 97.8 cm³/mol. The van der Waals surface area contributed by atoms with Gasteiger partial charge in [-0.1, -0.05) is 24.2 Å². The van der Waals surface area contributed by atoms with Gasteiger partial charge in [-0.15, -0.1) is 11.3 Å². The first-order valence-electron chi connectivity index (χ1n) is 8.26. The number of Topliss-reactive ketones (excluding diaryl/α,β-unsaturated/α-hetero) is 1. The lowest BCUT2D eigenvalue weighted by molar-refractivity contribution is -0.116. The molecular formula is C19H21NO3S. The molecule has 0 bridgehead atoms. The summed E-state index contributed by atoms with van der Waals surface area (Å²) in [6, 6.07) is 8.24. The molecule has 2 aromatic rings. The van der Waals surface area contributed by atoms with E-state index in [0.29, 0.717) is 37.2 Å². The Balaban J connectivity index is 1.95. The van der Waals surface area contributed by atoms with Crippen LogP contribution in [0, 0.1) is 0 Å². The fourth-order valence-corrected chi connectivity index (χ4v) is 4.07. The summed E-state index contributed by atoms with van der Waals surface area (Å²) < 4.78 is 1.21. The number of nitrogens with zero attached hydrogens (tertiary/aromatic N) is 1. The molecule has 1 aliphatic rings. The Labute approximate surface area is 145 Å². The number of hydrogen-bond acceptors (Lipinski definition) is 5. The van der Waals surface area contributed by atoms with Crippen LogP contribution in [-0.4, -0.2) is 23.2 Å². The number of benzene rings is 1. The number of carbonyl (C=O) groups is 1. The molecule has 1 unspecified atom stereocenters. The van der Waals surface area contributed by atoms with Crippen molar-refractivity contribution in [2.75, 3.05) is 6.61 Å². The molecule has 4 nitrogen and oxygen atoms in total. The van der Waals surface area contributed by atoms with Crippen molar-refractivity contribution in [1.82, 2.24) is 0 Å². The van der Waals surface area contributed by atoms with Crippen LogP contribution in [0.15, 0.2) is 46.1 Å². The minimum atomic E-state index is -0.0590. The van der Waals surface area contributed by atoms with Gasteiger partial charge in [-0.3, -0.25) is 4.79 Å². The maximum absolute atomic E-state index is 12.7. The van der Waals surface area contributed by atoms with Crippen molar-refractivity contribution in [3.05, 3.63) is 46.5 Å². The molecule has 0 radical (unpaired) electrons. The van der Waals surface area contributed by atoms with E-state index in [1.54, 1.807) is 11.3 Å². The van der Waals surface area contributed by atoms with Crippen LogP contribution < -0.4 is 0 Å². The van der Waals surface area contributed by atoms with E-state index in [0.717, 1.165) is 5.56 Å². The summed E-state index contributed by atoms with van der Waals surface area (Å²) in [5.74, 6) is 0.0739. The lowest BCUT2D eigenvalue weighted by Gasteiger charge is -2.24. The fourth-order valence-electron chi connectivity index (χ4n) is 3.24. The standard InChI is InChI=1S/C19H21NO3S/c1-3-15(20-23-4-2)19-16(21)10-12(11-17(19)22)13-6-5-7-18-14(13)8-9-24-18/h5-9,12,21H,3-4,10-11H2,1-2H3/b20-15-. The van der Waals surface area contributed by atoms with Gasteiger partial charge < -0.3 is 9.94 Å². The molecule has 1 heterocycles. The molecule has 0 fully saturated rings. The summed E-state index contributed by atoms with van der Waals surface area (Å²) in [5.41, 5.74) is 2.01. The van der Waals surface area contributed by atoms with E-state index in [-0.39, 0.29) is 17.5 Å². The monoisotopic (exact) mass is 343 g/mol. The number of ketones is 1. The number of aliphatic hydroxyl groups excluding tert-OH is 1. The molecule has 1 N–H and O–H groups in total. The Hall–Kier alpha value is -2.14. The number of hydrogen-bond donors (Lipinski definition) is 1. The van der Waals surface area contributed by atoms with Crippen LogP contribution >= 0.6 is 11.3 Å². The normalized spacial score (nSPS) is 19.2. The SMILES string of the molecule is CCO/N=C(/CC)C1=C(O)CC(c2cccc3sccc23)CC1=O. The van der Waals surface area contributed by atoms with Crippen molar-refractivity contribution >= 4 is 32.9 Å². The number of rotatable bonds is 5. The highest BCUT2D eigenvalue weighted by molar-refractivity contribution is 7.17. The molecule has 0 spiro atoms. The van der Waals surface area contributed by atoms with Crippen molar-refractivity contribution in [2.45, 2.75) is 39.0 Å². The quantitative estimate of drug-likeness (QED) is 0.616. The lowest BCUT2D eigenvalue weighted by atomic mass is 9.80. The van der Waals surface area contributed by atoms with Crippen molar-refractivity contribution in [2.24, 2.45) is 5.16 Å². The third kappa shape index (κ3) is 3.08. The Kier molecular flexibility index (Phi) is 5.00. The summed E-state index contributed by atoms with van der Waals surface area (Å²) >= 11 is 1.69. The number of carbonyl (C=O) groups excluding carboxylic acids is 1. The second-order valence-electron chi connectivity index (χ2n) is 5.84. The van der Waals surface area contributed by atoms with Gasteiger partial charge in [0.2, 0.25) is 0 Å². The highest BCUT2D eigenvalue weighted by Gasteiger charge is 2.31. The molecule has 1 atom stereocenters. The third-order valence-corrected chi connectivity index (χ3v) is 5.22. The number of fused-ring (bicyclic) bond motifs is 1. The number of thiophene rings is 1. The van der Waals surface area contributed by atoms with Gasteiger partial charge in [-0.05, 0) is 47.7 Å². The van der Waals surface area contributed by atoms with Crippen molar-refractivity contribution < 1.29 is 14.7 Å². The van der Waals surface area contributed by atoms with Gasteiger partial charge in [0.15, 0.2) is 5.78 Å². The summed E-state index contributed by atoms with van der Waals surface area (Å²) in [7, 11) is 0. The summed E-state index contributed by atoms with van der Waals surface area (Å²) in [6.07, 6.45) is 1.40. The van der Waals surface area contributed by atoms with Gasteiger partial charge in [-0.25, -0.2) is 0 Å². The number of allylic oxidation sites excluding steroid dienone is 2. The van der Waals surface area contributed by atoms with Gasteiger partial charge in [-0.2, -0.15) is 0 Å². The van der Waals surface area contributed by atoms with E-state index < -0.39 is 0 Å². The maximum Gasteiger partial charge on any atom is 0.168 e. The van der Waals surface area contributed by atoms with E-state index in [4.69, 9.17) is 4.84 Å². The molecule has 3 rings (SSSR count).